The number of nitrogens with one attached hydrogen (secondary N) is 1. The monoisotopic (exact) mass is 261 g/mol. The van der Waals surface area contributed by atoms with Crippen LogP contribution in [0.5, 0.6) is 0 Å². The Labute approximate surface area is 112 Å². The molecule has 0 saturated carbocycles. The second-order valence-corrected chi connectivity index (χ2v) is 4.44. The van der Waals surface area contributed by atoms with Gasteiger partial charge in [0.15, 0.2) is 0 Å². The summed E-state index contributed by atoms with van der Waals surface area (Å²) in [6.07, 6.45) is 3.51. The van der Waals surface area contributed by atoms with Gasteiger partial charge in [-0.15, -0.1) is 0 Å². The van der Waals surface area contributed by atoms with Crippen LogP contribution in [0.4, 0.5) is 11.9 Å². The van der Waals surface area contributed by atoms with E-state index in [1.807, 2.05) is 31.1 Å². The fourth-order valence-electron chi connectivity index (χ4n) is 1.47. The molecule has 102 valence electrons. The normalized spacial score (nSPS) is 10.8. The highest BCUT2D eigenvalue weighted by Gasteiger charge is 2.13. The zero-order valence-electron chi connectivity index (χ0n) is 11.7. The molecule has 7 nitrogen and oxygen atoms in total. The van der Waals surface area contributed by atoms with Crippen LogP contribution in [0.2, 0.25) is 0 Å². The standard InChI is InChI=1S/C12H19N7/c1-5-13-10-15-11(18(4)9(2)3)17-12(16-10)19-8-6-7-14-19/h6-9H,5H2,1-4H3,(H,13,15,16,17). The van der Waals surface area contributed by atoms with Crippen LogP contribution in [0.25, 0.3) is 5.95 Å². The molecule has 0 unspecified atom stereocenters. The lowest BCUT2D eigenvalue weighted by Crippen LogP contribution is -2.28. The van der Waals surface area contributed by atoms with Crippen LogP contribution in [0.15, 0.2) is 18.5 Å². The molecular weight excluding hydrogens is 242 g/mol. The Kier molecular flexibility index (Phi) is 3.94. The quantitative estimate of drug-likeness (QED) is 0.875. The molecule has 0 radical (unpaired) electrons. The van der Waals surface area contributed by atoms with Crippen molar-refractivity contribution in [3.8, 4) is 5.95 Å². The number of anilines is 2. The Hall–Kier alpha value is -2.18. The number of hydrogen-bond donors (Lipinski definition) is 1. The van der Waals surface area contributed by atoms with Crippen molar-refractivity contribution < 1.29 is 0 Å². The summed E-state index contributed by atoms with van der Waals surface area (Å²) in [7, 11) is 1.96. The topological polar surface area (TPSA) is 71.8 Å². The molecule has 0 aliphatic rings. The summed E-state index contributed by atoms with van der Waals surface area (Å²) in [5.74, 6) is 1.70. The molecule has 0 atom stereocenters. The molecule has 0 aromatic carbocycles. The van der Waals surface area contributed by atoms with Crippen molar-refractivity contribution in [3.05, 3.63) is 18.5 Å². The van der Waals surface area contributed by atoms with Gasteiger partial charge in [-0.25, -0.2) is 4.68 Å². The molecule has 0 aliphatic carbocycles. The van der Waals surface area contributed by atoms with Gasteiger partial charge < -0.3 is 10.2 Å². The van der Waals surface area contributed by atoms with Gasteiger partial charge in [0, 0.05) is 32.0 Å². The zero-order chi connectivity index (χ0) is 13.8. The van der Waals surface area contributed by atoms with E-state index in [4.69, 9.17) is 0 Å². The van der Waals surface area contributed by atoms with Crippen LogP contribution < -0.4 is 10.2 Å². The molecule has 2 aromatic heterocycles. The number of rotatable bonds is 5. The van der Waals surface area contributed by atoms with Gasteiger partial charge >= 0.3 is 0 Å². The Morgan fingerprint density at radius 1 is 1.32 bits per heavy atom. The third kappa shape index (κ3) is 2.98. The molecule has 19 heavy (non-hydrogen) atoms. The number of hydrogen-bond acceptors (Lipinski definition) is 6. The lowest BCUT2D eigenvalue weighted by Gasteiger charge is -2.21. The second-order valence-electron chi connectivity index (χ2n) is 4.44. The minimum atomic E-state index is 0.308. The van der Waals surface area contributed by atoms with Crippen molar-refractivity contribution in [1.82, 2.24) is 24.7 Å². The maximum Gasteiger partial charge on any atom is 0.257 e. The highest BCUT2D eigenvalue weighted by molar-refractivity contribution is 5.39. The largest absolute Gasteiger partial charge is 0.354 e. The molecule has 7 heteroatoms. The van der Waals surface area contributed by atoms with Gasteiger partial charge in [0.1, 0.15) is 0 Å². The number of aromatic nitrogens is 5. The van der Waals surface area contributed by atoms with E-state index in [9.17, 15) is 0 Å². The maximum atomic E-state index is 4.44. The van der Waals surface area contributed by atoms with Crippen molar-refractivity contribution in [2.75, 3.05) is 23.8 Å². The van der Waals surface area contributed by atoms with Gasteiger partial charge in [0.05, 0.1) is 0 Å². The summed E-state index contributed by atoms with van der Waals surface area (Å²) in [6, 6.07) is 2.14. The van der Waals surface area contributed by atoms with E-state index < -0.39 is 0 Å². The Balaban J connectivity index is 2.43. The van der Waals surface area contributed by atoms with Crippen molar-refractivity contribution in [2.24, 2.45) is 0 Å². The minimum Gasteiger partial charge on any atom is -0.354 e. The van der Waals surface area contributed by atoms with Crippen LogP contribution in [0.1, 0.15) is 20.8 Å². The molecule has 1 N–H and O–H groups in total. The molecule has 2 aromatic rings. The lowest BCUT2D eigenvalue weighted by atomic mass is 10.4. The van der Waals surface area contributed by atoms with Gasteiger partial charge in [-0.2, -0.15) is 20.1 Å². The van der Waals surface area contributed by atoms with Crippen LogP contribution in [-0.4, -0.2) is 44.4 Å². The molecule has 2 heterocycles. The van der Waals surface area contributed by atoms with E-state index in [0.717, 1.165) is 6.54 Å². The molecule has 0 aliphatic heterocycles. The van der Waals surface area contributed by atoms with E-state index in [1.165, 1.54) is 0 Å². The molecule has 0 fully saturated rings. The van der Waals surface area contributed by atoms with Crippen LogP contribution in [0.3, 0.4) is 0 Å². The molecule has 0 spiro atoms. The predicted octanol–water partition coefficient (Wildman–Crippen LogP) is 1.33. The average molecular weight is 261 g/mol. The van der Waals surface area contributed by atoms with Crippen LogP contribution in [-0.2, 0) is 0 Å². The highest BCUT2D eigenvalue weighted by atomic mass is 15.4. The van der Waals surface area contributed by atoms with Gasteiger partial charge in [0.25, 0.3) is 5.95 Å². The third-order valence-electron chi connectivity index (χ3n) is 2.75. The highest BCUT2D eigenvalue weighted by Crippen LogP contribution is 2.13. The summed E-state index contributed by atoms with van der Waals surface area (Å²) >= 11 is 0. The predicted molar refractivity (Wildman–Crippen MR) is 74.7 cm³/mol. The van der Waals surface area contributed by atoms with Crippen LogP contribution in [0, 0.1) is 0 Å². The van der Waals surface area contributed by atoms with Gasteiger partial charge in [0.2, 0.25) is 11.9 Å². The van der Waals surface area contributed by atoms with Gasteiger partial charge in [-0.1, -0.05) is 0 Å². The zero-order valence-corrected chi connectivity index (χ0v) is 11.7. The molecule has 0 amide bonds. The molecule has 2 rings (SSSR count). The van der Waals surface area contributed by atoms with E-state index in [1.54, 1.807) is 10.9 Å². The summed E-state index contributed by atoms with van der Waals surface area (Å²) in [4.78, 5) is 15.2. The first-order valence-corrected chi connectivity index (χ1v) is 6.34. The SMILES string of the molecule is CCNc1nc(N(C)C(C)C)nc(-n2cccn2)n1. The molecule has 0 saturated heterocycles. The lowest BCUT2D eigenvalue weighted by molar-refractivity contribution is 0.712. The first kappa shape index (κ1) is 13.3. The second kappa shape index (κ2) is 5.64. The fourth-order valence-corrected chi connectivity index (χ4v) is 1.47. The van der Waals surface area contributed by atoms with E-state index in [0.29, 0.717) is 23.9 Å². The number of nitrogens with zero attached hydrogens (tertiary/aromatic N) is 6. The van der Waals surface area contributed by atoms with Crippen molar-refractivity contribution in [2.45, 2.75) is 26.8 Å². The molecular formula is C12H19N7. The smallest absolute Gasteiger partial charge is 0.257 e. The first-order valence-electron chi connectivity index (χ1n) is 6.34. The fraction of sp³-hybridized carbons (Fsp3) is 0.500. The van der Waals surface area contributed by atoms with Gasteiger partial charge in [-0.3, -0.25) is 0 Å². The average Bonchev–Trinajstić information content (AvgIpc) is 2.91. The Morgan fingerprint density at radius 3 is 2.68 bits per heavy atom. The Morgan fingerprint density at radius 2 is 2.11 bits per heavy atom. The van der Waals surface area contributed by atoms with Gasteiger partial charge in [-0.05, 0) is 26.8 Å². The van der Waals surface area contributed by atoms with Crippen LogP contribution >= 0.6 is 0 Å². The summed E-state index contributed by atoms with van der Waals surface area (Å²) in [5.41, 5.74) is 0. The first-order chi connectivity index (χ1) is 9.11. The van der Waals surface area contributed by atoms with Crippen molar-refractivity contribution >= 4 is 11.9 Å². The summed E-state index contributed by atoms with van der Waals surface area (Å²) < 4.78 is 1.63. The third-order valence-corrected chi connectivity index (χ3v) is 2.75. The summed E-state index contributed by atoms with van der Waals surface area (Å²) in [5, 5.41) is 7.26. The summed E-state index contributed by atoms with van der Waals surface area (Å²) in [6.45, 7) is 6.94. The van der Waals surface area contributed by atoms with E-state index in [2.05, 4.69) is 39.2 Å². The van der Waals surface area contributed by atoms with Crippen molar-refractivity contribution in [1.29, 1.82) is 0 Å². The van der Waals surface area contributed by atoms with E-state index in [-0.39, 0.29) is 0 Å². The van der Waals surface area contributed by atoms with E-state index >= 15 is 0 Å². The Bertz CT molecular complexity index is 521. The molecule has 0 bridgehead atoms. The minimum absolute atomic E-state index is 0.308. The maximum absolute atomic E-state index is 4.44. The van der Waals surface area contributed by atoms with Crippen molar-refractivity contribution in [3.63, 3.8) is 0 Å².